The predicted molar refractivity (Wildman–Crippen MR) is 223 cm³/mol. The standard InChI is InChI=1S/C45H64N4O10S/c1-26-12-17-33-27(2)35(56-42-45(33)32(26)18-20-44(7,57-42)58-59-45)19-21-55-37(52)11-9-8-10-36(51)48-39(43(4,5)6)41(54)49-24-31(50)22-34(49)40(53)46-23-29-13-15-30(16-14-29)38-28(3)47-25-60-38/h13-16,25-27,31-35,39,42,50H,8-12,17-24H2,1-7H3,(H,46,53)(H,48,51)/t26-,27-,31-,32+,33+,34+,35-,39-,42-,44-,45-/m1/s1. The molecular formula is C45H64N4O10S. The van der Waals surface area contributed by atoms with Gasteiger partial charge in [0.25, 0.3) is 0 Å². The minimum absolute atomic E-state index is 0.00552. The van der Waals surface area contributed by atoms with Crippen LogP contribution in [0.5, 0.6) is 0 Å². The van der Waals surface area contributed by atoms with Gasteiger partial charge in [0, 0.05) is 51.1 Å². The number of likely N-dealkylation sites (tertiary alicyclic amines) is 1. The molecule has 0 unspecified atom stereocenters. The van der Waals surface area contributed by atoms with Crippen LogP contribution in [0.2, 0.25) is 0 Å². The van der Waals surface area contributed by atoms with Crippen LogP contribution in [0.4, 0.5) is 0 Å². The molecule has 60 heavy (non-hydrogen) atoms. The minimum Gasteiger partial charge on any atom is -0.466 e. The summed E-state index contributed by atoms with van der Waals surface area (Å²) in [6, 6.07) is 6.08. The number of nitrogens with zero attached hydrogens (tertiary/aromatic N) is 2. The van der Waals surface area contributed by atoms with E-state index >= 15 is 0 Å². The van der Waals surface area contributed by atoms with E-state index in [1.807, 2.05) is 64.4 Å². The largest absolute Gasteiger partial charge is 0.466 e. The van der Waals surface area contributed by atoms with E-state index in [4.69, 9.17) is 24.0 Å². The van der Waals surface area contributed by atoms with Crippen LogP contribution in [0.15, 0.2) is 29.8 Å². The molecule has 11 atom stereocenters. The fourth-order valence-corrected chi connectivity index (χ4v) is 11.0. The number of hydrogen-bond donors (Lipinski definition) is 3. The van der Waals surface area contributed by atoms with E-state index in [2.05, 4.69) is 29.5 Å². The van der Waals surface area contributed by atoms with Crippen LogP contribution in [-0.4, -0.2) is 93.8 Å². The van der Waals surface area contributed by atoms with E-state index in [1.165, 1.54) is 4.90 Å². The van der Waals surface area contributed by atoms with Crippen molar-refractivity contribution in [1.82, 2.24) is 20.5 Å². The maximum atomic E-state index is 14.0. The highest BCUT2D eigenvalue weighted by atomic mass is 32.1. The molecule has 8 rings (SSSR count). The molecule has 6 fully saturated rings. The number of aromatic nitrogens is 1. The van der Waals surface area contributed by atoms with Gasteiger partial charge in [0.2, 0.25) is 23.5 Å². The first-order chi connectivity index (χ1) is 28.5. The molecule has 6 aliphatic rings. The Bertz CT molecular complexity index is 1870. The number of aryl methyl sites for hydroxylation is 1. The van der Waals surface area contributed by atoms with E-state index in [1.54, 1.807) is 11.3 Å². The van der Waals surface area contributed by atoms with Crippen LogP contribution in [0.1, 0.15) is 117 Å². The molecular weight excluding hydrogens is 789 g/mol. The van der Waals surface area contributed by atoms with Gasteiger partial charge in [-0.15, -0.1) is 11.3 Å². The molecule has 1 aliphatic carbocycles. The van der Waals surface area contributed by atoms with Crippen LogP contribution >= 0.6 is 11.3 Å². The van der Waals surface area contributed by atoms with E-state index in [-0.39, 0.29) is 74.7 Å². The number of benzene rings is 1. The minimum atomic E-state index is -0.930. The van der Waals surface area contributed by atoms with Crippen molar-refractivity contribution in [2.45, 2.75) is 161 Å². The number of unbranched alkanes of at least 4 members (excludes halogenated alkanes) is 1. The number of ether oxygens (including phenoxy) is 3. The Morgan fingerprint density at radius 1 is 1.05 bits per heavy atom. The van der Waals surface area contributed by atoms with Crippen molar-refractivity contribution in [3.05, 3.63) is 41.0 Å². The van der Waals surface area contributed by atoms with E-state index < -0.39 is 47.2 Å². The second-order valence-corrected chi connectivity index (χ2v) is 20.0. The van der Waals surface area contributed by atoms with Gasteiger partial charge in [-0.1, -0.05) is 58.9 Å². The monoisotopic (exact) mass is 852 g/mol. The number of amides is 3. The highest BCUT2D eigenvalue weighted by Crippen LogP contribution is 2.60. The zero-order valence-corrected chi connectivity index (χ0v) is 37.0. The number of β-amino-alcohol motifs (C(OH)–C–C–N with tert-alkyl or cyclic N) is 1. The van der Waals surface area contributed by atoms with Crippen LogP contribution in [0.3, 0.4) is 0 Å². The number of carbonyl (C=O) groups is 4. The third-order valence-electron chi connectivity index (χ3n) is 13.7. The Hall–Kier alpha value is -3.47. The average molecular weight is 853 g/mol. The smallest absolute Gasteiger partial charge is 0.305 e. The Balaban J connectivity index is 0.843. The summed E-state index contributed by atoms with van der Waals surface area (Å²) in [5.74, 6) is -1.13. The second kappa shape index (κ2) is 18.1. The van der Waals surface area contributed by atoms with Crippen molar-refractivity contribution < 1.29 is 48.3 Å². The number of aliphatic hydroxyl groups is 1. The van der Waals surface area contributed by atoms with Gasteiger partial charge in [0.1, 0.15) is 12.1 Å². The van der Waals surface area contributed by atoms with Gasteiger partial charge in [0.05, 0.1) is 34.9 Å². The maximum absolute atomic E-state index is 14.0. The Morgan fingerprint density at radius 3 is 2.52 bits per heavy atom. The number of aliphatic hydroxyl groups excluding tert-OH is 1. The zero-order valence-electron chi connectivity index (χ0n) is 36.2. The number of esters is 1. The van der Waals surface area contributed by atoms with Gasteiger partial charge in [-0.25, -0.2) is 14.8 Å². The van der Waals surface area contributed by atoms with Gasteiger partial charge in [-0.05, 0) is 80.2 Å². The molecule has 1 saturated carbocycles. The van der Waals surface area contributed by atoms with Gasteiger partial charge in [-0.3, -0.25) is 19.2 Å². The summed E-state index contributed by atoms with van der Waals surface area (Å²) in [6.45, 7) is 14.4. The van der Waals surface area contributed by atoms with Gasteiger partial charge in [0.15, 0.2) is 11.9 Å². The van der Waals surface area contributed by atoms with Gasteiger partial charge >= 0.3 is 5.97 Å². The van der Waals surface area contributed by atoms with Crippen LogP contribution in [0.25, 0.3) is 10.4 Å². The van der Waals surface area contributed by atoms with Crippen molar-refractivity contribution in [3.8, 4) is 10.4 Å². The summed E-state index contributed by atoms with van der Waals surface area (Å²) in [5, 5.41) is 16.4. The quantitative estimate of drug-likeness (QED) is 0.116. The lowest BCUT2D eigenvalue weighted by molar-refractivity contribution is -0.571. The molecule has 0 radical (unpaired) electrons. The lowest BCUT2D eigenvalue weighted by atomic mass is 9.57. The molecule has 1 spiro atoms. The number of fused-ring (bicyclic) bond motifs is 2. The number of thiazole rings is 1. The molecule has 2 aromatic rings. The number of rotatable bonds is 14. The average Bonchev–Trinajstić information content (AvgIpc) is 3.74. The molecule has 5 aliphatic heterocycles. The van der Waals surface area contributed by atoms with Crippen molar-refractivity contribution in [2.24, 2.45) is 29.1 Å². The highest BCUT2D eigenvalue weighted by molar-refractivity contribution is 7.13. The van der Waals surface area contributed by atoms with Crippen molar-refractivity contribution in [3.63, 3.8) is 0 Å². The summed E-state index contributed by atoms with van der Waals surface area (Å²) in [6.07, 6.45) is 4.08. The highest BCUT2D eigenvalue weighted by Gasteiger charge is 2.69. The molecule has 1 aromatic carbocycles. The van der Waals surface area contributed by atoms with E-state index in [9.17, 15) is 24.3 Å². The van der Waals surface area contributed by atoms with Crippen molar-refractivity contribution in [2.75, 3.05) is 13.2 Å². The van der Waals surface area contributed by atoms with Crippen molar-refractivity contribution >= 4 is 35.0 Å². The molecule has 14 nitrogen and oxygen atoms in total. The SMILES string of the molecule is Cc1ncsc1-c1ccc(CNC(=O)[C@@H]2C[C@@H](O)CN2C(=O)[C@@H](NC(=O)CCCCC(=O)OCC[C@H]2O[C@@H]3O[C@@]4(C)CC[C@H]5[C@H](C)CC[C@@H]([C@H]2C)[C@@]35OO4)C(C)(C)C)cc1. The molecule has 6 heterocycles. The molecule has 3 N–H and O–H groups in total. The normalized spacial score (nSPS) is 32.8. The van der Waals surface area contributed by atoms with E-state index in [0.29, 0.717) is 31.1 Å². The number of hydrogen-bond acceptors (Lipinski definition) is 12. The van der Waals surface area contributed by atoms with Gasteiger partial charge < -0.3 is 34.9 Å². The fraction of sp³-hybridized carbons (Fsp3) is 0.711. The Kier molecular flexibility index (Phi) is 13.4. The lowest BCUT2D eigenvalue weighted by Gasteiger charge is -2.60. The first-order valence-electron chi connectivity index (χ1n) is 21.9. The van der Waals surface area contributed by atoms with Crippen LogP contribution in [-0.2, 0) is 49.7 Å². The molecule has 2 bridgehead atoms. The summed E-state index contributed by atoms with van der Waals surface area (Å²) in [5.41, 5.74) is 3.43. The predicted octanol–water partition coefficient (Wildman–Crippen LogP) is 5.97. The first-order valence-corrected chi connectivity index (χ1v) is 22.8. The number of carbonyl (C=O) groups excluding carboxylic acids is 4. The fourth-order valence-electron chi connectivity index (χ4n) is 10.2. The molecule has 1 aromatic heterocycles. The topological polar surface area (TPSA) is 175 Å². The Morgan fingerprint density at radius 2 is 1.80 bits per heavy atom. The van der Waals surface area contributed by atoms with Crippen LogP contribution < -0.4 is 10.6 Å². The maximum Gasteiger partial charge on any atom is 0.305 e. The molecule has 3 amide bonds. The molecule has 15 heteroatoms. The summed E-state index contributed by atoms with van der Waals surface area (Å²) >= 11 is 1.58. The third-order valence-corrected chi connectivity index (χ3v) is 14.7. The molecule has 330 valence electrons. The van der Waals surface area contributed by atoms with Crippen molar-refractivity contribution in [1.29, 1.82) is 0 Å². The van der Waals surface area contributed by atoms with Gasteiger partial charge in [-0.2, -0.15) is 0 Å². The third kappa shape index (κ3) is 9.31. The molecule has 5 saturated heterocycles. The van der Waals surface area contributed by atoms with E-state index in [0.717, 1.165) is 47.4 Å². The van der Waals surface area contributed by atoms with Crippen LogP contribution in [0, 0.1) is 36.0 Å². The number of nitrogens with one attached hydrogen (secondary N) is 2. The zero-order chi connectivity index (χ0) is 43.0. The lowest BCUT2D eigenvalue weighted by Crippen LogP contribution is -2.70. The Labute approximate surface area is 357 Å². The summed E-state index contributed by atoms with van der Waals surface area (Å²) in [4.78, 5) is 72.4. The summed E-state index contributed by atoms with van der Waals surface area (Å²) < 4.78 is 18.7. The summed E-state index contributed by atoms with van der Waals surface area (Å²) in [7, 11) is 0. The second-order valence-electron chi connectivity index (χ2n) is 19.1. The first kappa shape index (κ1) is 44.6.